The zero-order valence-corrected chi connectivity index (χ0v) is 14.2. The second-order valence-corrected chi connectivity index (χ2v) is 6.88. The lowest BCUT2D eigenvalue weighted by Gasteiger charge is -2.28. The molecule has 5 heteroatoms. The predicted molar refractivity (Wildman–Crippen MR) is 88.9 cm³/mol. The van der Waals surface area contributed by atoms with Gasteiger partial charge < -0.3 is 5.73 Å². The highest BCUT2D eigenvalue weighted by molar-refractivity contribution is 6.32. The van der Waals surface area contributed by atoms with Crippen LogP contribution in [0.4, 0.5) is 0 Å². The minimum atomic E-state index is -0.181. The lowest BCUT2D eigenvalue weighted by molar-refractivity contribution is 0.327. The molecule has 116 valence electrons. The normalized spacial score (nSPS) is 13.9. The molecule has 0 bridgehead atoms. The van der Waals surface area contributed by atoms with E-state index in [2.05, 4.69) is 20.8 Å². The third-order valence-electron chi connectivity index (χ3n) is 4.04. The predicted octanol–water partition coefficient (Wildman–Crippen LogP) is 3.54. The molecule has 0 fully saturated rings. The molecule has 2 rings (SSSR count). The largest absolute Gasteiger partial charge is 0.329 e. The summed E-state index contributed by atoms with van der Waals surface area (Å²) in [5, 5.41) is 0.625. The number of nitrogens with zero attached hydrogens (tertiary/aromatic N) is 2. The fourth-order valence-electron chi connectivity index (χ4n) is 2.67. The minimum absolute atomic E-state index is 0.00699. The third-order valence-corrected chi connectivity index (χ3v) is 4.37. The van der Waals surface area contributed by atoms with Gasteiger partial charge in [0.15, 0.2) is 0 Å². The van der Waals surface area contributed by atoms with Crippen LogP contribution in [0.5, 0.6) is 0 Å². The molecule has 0 aliphatic carbocycles. The van der Waals surface area contributed by atoms with Crippen LogP contribution < -0.4 is 11.4 Å². The van der Waals surface area contributed by atoms with Crippen LogP contribution >= 0.6 is 11.6 Å². The van der Waals surface area contributed by atoms with Gasteiger partial charge in [0.2, 0.25) is 0 Å². The lowest BCUT2D eigenvalue weighted by Crippen LogP contribution is -2.26. The van der Waals surface area contributed by atoms with Crippen LogP contribution in [0.3, 0.4) is 0 Å². The molecule has 1 atom stereocenters. The SMILES string of the molecule is CCn1c(=O)n(CC)c2cc(C(N)C(C)(C)C)c(Cl)cc21. The maximum absolute atomic E-state index is 12.4. The number of hydrogen-bond donors (Lipinski definition) is 1. The first-order chi connectivity index (χ1) is 9.72. The first kappa shape index (κ1) is 16.1. The Morgan fingerprint density at radius 2 is 1.62 bits per heavy atom. The highest BCUT2D eigenvalue weighted by Gasteiger charge is 2.25. The molecule has 21 heavy (non-hydrogen) atoms. The molecule has 0 saturated heterocycles. The highest BCUT2D eigenvalue weighted by atomic mass is 35.5. The molecular weight excluding hydrogens is 286 g/mol. The van der Waals surface area contributed by atoms with Crippen molar-refractivity contribution < 1.29 is 0 Å². The molecule has 0 aliphatic heterocycles. The van der Waals surface area contributed by atoms with Gasteiger partial charge in [-0.3, -0.25) is 9.13 Å². The van der Waals surface area contributed by atoms with Crippen molar-refractivity contribution in [1.29, 1.82) is 0 Å². The van der Waals surface area contributed by atoms with Crippen LogP contribution in [0.1, 0.15) is 46.2 Å². The van der Waals surface area contributed by atoms with Gasteiger partial charge in [0, 0.05) is 24.2 Å². The van der Waals surface area contributed by atoms with E-state index in [0.717, 1.165) is 16.6 Å². The van der Waals surface area contributed by atoms with E-state index in [1.807, 2.05) is 26.0 Å². The van der Waals surface area contributed by atoms with E-state index in [9.17, 15) is 4.79 Å². The summed E-state index contributed by atoms with van der Waals surface area (Å²) in [5.74, 6) is 0. The number of benzene rings is 1. The molecule has 0 radical (unpaired) electrons. The molecule has 0 amide bonds. The Hall–Kier alpha value is -1.26. The summed E-state index contributed by atoms with van der Waals surface area (Å²) in [6, 6.07) is 3.67. The standard InChI is InChI=1S/C16H24ClN3O/c1-6-19-12-8-10(14(18)16(3,4)5)11(17)9-13(12)20(7-2)15(19)21/h8-9,14H,6-7,18H2,1-5H3. The van der Waals surface area contributed by atoms with Crippen molar-refractivity contribution in [2.24, 2.45) is 11.1 Å². The number of rotatable bonds is 3. The summed E-state index contributed by atoms with van der Waals surface area (Å²) in [4.78, 5) is 12.4. The number of fused-ring (bicyclic) bond motifs is 1. The van der Waals surface area contributed by atoms with E-state index < -0.39 is 0 Å². The fraction of sp³-hybridized carbons (Fsp3) is 0.562. The van der Waals surface area contributed by atoms with Crippen molar-refractivity contribution >= 4 is 22.6 Å². The van der Waals surface area contributed by atoms with Gasteiger partial charge in [0.1, 0.15) is 0 Å². The van der Waals surface area contributed by atoms with Gasteiger partial charge in [-0.2, -0.15) is 0 Å². The number of halogens is 1. The number of imidazole rings is 1. The first-order valence-electron chi connectivity index (χ1n) is 7.40. The average molecular weight is 310 g/mol. The van der Waals surface area contributed by atoms with E-state index in [0.29, 0.717) is 18.1 Å². The Balaban J connectivity index is 2.79. The Labute approximate surface area is 130 Å². The topological polar surface area (TPSA) is 53.0 Å². The molecule has 0 spiro atoms. The van der Waals surface area contributed by atoms with Gasteiger partial charge in [-0.25, -0.2) is 4.79 Å². The maximum Gasteiger partial charge on any atom is 0.329 e. The second kappa shape index (κ2) is 5.50. The van der Waals surface area contributed by atoms with Crippen LogP contribution in [0.15, 0.2) is 16.9 Å². The van der Waals surface area contributed by atoms with E-state index in [1.54, 1.807) is 9.13 Å². The number of aromatic nitrogens is 2. The Morgan fingerprint density at radius 3 is 2.05 bits per heavy atom. The summed E-state index contributed by atoms with van der Waals surface area (Å²) < 4.78 is 3.52. The molecule has 1 unspecified atom stereocenters. The Bertz CT molecular complexity index is 722. The van der Waals surface area contributed by atoms with Crippen molar-refractivity contribution in [3.8, 4) is 0 Å². The van der Waals surface area contributed by atoms with Crippen molar-refractivity contribution in [1.82, 2.24) is 9.13 Å². The van der Waals surface area contributed by atoms with E-state index >= 15 is 0 Å². The molecule has 1 heterocycles. The Kier molecular flexibility index (Phi) is 4.22. The van der Waals surface area contributed by atoms with E-state index in [4.69, 9.17) is 17.3 Å². The summed E-state index contributed by atoms with van der Waals surface area (Å²) >= 11 is 6.43. The van der Waals surface area contributed by atoms with E-state index in [-0.39, 0.29) is 17.1 Å². The molecular formula is C16H24ClN3O. The summed E-state index contributed by atoms with van der Waals surface area (Å²) in [6.45, 7) is 11.5. The van der Waals surface area contributed by atoms with Gasteiger partial charge >= 0.3 is 5.69 Å². The minimum Gasteiger partial charge on any atom is -0.323 e. The summed E-state index contributed by atoms with van der Waals surface area (Å²) in [5.41, 5.74) is 8.94. The fourth-order valence-corrected chi connectivity index (χ4v) is 2.94. The van der Waals surface area contributed by atoms with E-state index in [1.165, 1.54) is 0 Å². The van der Waals surface area contributed by atoms with Crippen LogP contribution in [0, 0.1) is 5.41 Å². The third kappa shape index (κ3) is 2.62. The van der Waals surface area contributed by atoms with Crippen LogP contribution in [-0.4, -0.2) is 9.13 Å². The van der Waals surface area contributed by atoms with Crippen LogP contribution in [0.25, 0.3) is 11.0 Å². The van der Waals surface area contributed by atoms with Crippen LogP contribution in [0.2, 0.25) is 5.02 Å². The average Bonchev–Trinajstić information content (AvgIpc) is 2.66. The molecule has 1 aromatic heterocycles. The van der Waals surface area contributed by atoms with Crippen molar-refractivity contribution in [3.63, 3.8) is 0 Å². The van der Waals surface area contributed by atoms with Crippen molar-refractivity contribution in [2.45, 2.75) is 53.8 Å². The molecule has 2 N–H and O–H groups in total. The molecule has 0 saturated carbocycles. The van der Waals surface area contributed by atoms with Gasteiger partial charge in [-0.15, -0.1) is 0 Å². The molecule has 1 aromatic carbocycles. The smallest absolute Gasteiger partial charge is 0.323 e. The second-order valence-electron chi connectivity index (χ2n) is 6.48. The highest BCUT2D eigenvalue weighted by Crippen LogP contribution is 2.36. The van der Waals surface area contributed by atoms with Gasteiger partial charge in [-0.1, -0.05) is 32.4 Å². The summed E-state index contributed by atoms with van der Waals surface area (Å²) in [6.07, 6.45) is 0. The monoisotopic (exact) mass is 309 g/mol. The maximum atomic E-state index is 12.4. The number of aryl methyl sites for hydroxylation is 2. The Morgan fingerprint density at radius 1 is 1.14 bits per heavy atom. The molecule has 0 aliphatic rings. The zero-order chi connectivity index (χ0) is 15.9. The van der Waals surface area contributed by atoms with Crippen molar-refractivity contribution in [3.05, 3.63) is 33.2 Å². The van der Waals surface area contributed by atoms with Gasteiger partial charge in [0.05, 0.1) is 11.0 Å². The number of hydrogen-bond acceptors (Lipinski definition) is 2. The molecule has 4 nitrogen and oxygen atoms in total. The summed E-state index contributed by atoms with van der Waals surface area (Å²) in [7, 11) is 0. The quantitative estimate of drug-likeness (QED) is 0.942. The number of nitrogens with two attached hydrogens (primary N) is 1. The lowest BCUT2D eigenvalue weighted by atomic mass is 9.83. The zero-order valence-electron chi connectivity index (χ0n) is 13.4. The van der Waals surface area contributed by atoms with Gasteiger partial charge in [-0.05, 0) is 37.0 Å². The van der Waals surface area contributed by atoms with Crippen molar-refractivity contribution in [2.75, 3.05) is 0 Å². The molecule has 2 aromatic rings. The first-order valence-corrected chi connectivity index (χ1v) is 7.78. The van der Waals surface area contributed by atoms with Crippen LogP contribution in [-0.2, 0) is 13.1 Å². The van der Waals surface area contributed by atoms with Gasteiger partial charge in [0.25, 0.3) is 0 Å².